The number of H-pyrrole nitrogens is 1. The molecule has 1 aromatic carbocycles. The summed E-state index contributed by atoms with van der Waals surface area (Å²) in [7, 11) is 0. The van der Waals surface area contributed by atoms with Crippen LogP contribution in [0.25, 0.3) is 11.5 Å². The molecule has 0 bridgehead atoms. The van der Waals surface area contributed by atoms with Gasteiger partial charge in [0.1, 0.15) is 5.69 Å². The van der Waals surface area contributed by atoms with Crippen LogP contribution in [0.15, 0.2) is 55.0 Å². The molecule has 0 fully saturated rings. The molecule has 0 radical (unpaired) electrons. The number of aromatic nitrogens is 4. The third-order valence-electron chi connectivity index (χ3n) is 2.69. The van der Waals surface area contributed by atoms with Crippen molar-refractivity contribution in [3.63, 3.8) is 0 Å². The summed E-state index contributed by atoms with van der Waals surface area (Å²) in [6.45, 7) is 0. The first-order valence-corrected chi connectivity index (χ1v) is 6.01. The van der Waals surface area contributed by atoms with Crippen molar-refractivity contribution in [3.8, 4) is 11.5 Å². The van der Waals surface area contributed by atoms with Gasteiger partial charge in [0.2, 0.25) is 0 Å². The van der Waals surface area contributed by atoms with Gasteiger partial charge in [-0.15, -0.1) is 0 Å². The average molecular weight is 265 g/mol. The van der Waals surface area contributed by atoms with Gasteiger partial charge in [0, 0.05) is 11.8 Å². The predicted octanol–water partition coefficient (Wildman–Crippen LogP) is 2.12. The second-order valence-corrected chi connectivity index (χ2v) is 4.09. The van der Waals surface area contributed by atoms with Crippen LogP contribution in [0.5, 0.6) is 0 Å². The third kappa shape index (κ3) is 2.54. The van der Waals surface area contributed by atoms with Crippen LogP contribution in [-0.2, 0) is 0 Å². The minimum absolute atomic E-state index is 0.191. The van der Waals surface area contributed by atoms with Gasteiger partial charge in [-0.3, -0.25) is 9.89 Å². The number of hydrogen-bond donors (Lipinski definition) is 2. The van der Waals surface area contributed by atoms with E-state index in [9.17, 15) is 4.79 Å². The number of amides is 1. The fraction of sp³-hybridized carbons (Fsp3) is 0. The molecule has 6 nitrogen and oxygen atoms in total. The van der Waals surface area contributed by atoms with E-state index in [0.717, 1.165) is 5.69 Å². The van der Waals surface area contributed by atoms with Gasteiger partial charge in [0.25, 0.3) is 5.91 Å². The van der Waals surface area contributed by atoms with Crippen molar-refractivity contribution in [1.29, 1.82) is 0 Å². The van der Waals surface area contributed by atoms with Gasteiger partial charge in [-0.05, 0) is 18.2 Å². The van der Waals surface area contributed by atoms with Crippen molar-refractivity contribution in [2.24, 2.45) is 0 Å². The molecule has 3 aromatic rings. The summed E-state index contributed by atoms with van der Waals surface area (Å²) in [4.78, 5) is 20.3. The van der Waals surface area contributed by atoms with Crippen LogP contribution in [0.2, 0.25) is 0 Å². The summed E-state index contributed by atoms with van der Waals surface area (Å²) in [6.07, 6.45) is 4.75. The minimum atomic E-state index is -0.191. The Bertz CT molecular complexity index is 692. The summed E-state index contributed by atoms with van der Waals surface area (Å²) in [5.41, 5.74) is 1.86. The van der Waals surface area contributed by atoms with E-state index in [1.54, 1.807) is 36.8 Å². The maximum absolute atomic E-state index is 11.9. The normalized spacial score (nSPS) is 10.2. The summed E-state index contributed by atoms with van der Waals surface area (Å²) >= 11 is 0. The zero-order valence-electron chi connectivity index (χ0n) is 10.4. The molecule has 0 aliphatic carbocycles. The minimum Gasteiger partial charge on any atom is -0.319 e. The Morgan fingerprint density at radius 3 is 2.45 bits per heavy atom. The van der Waals surface area contributed by atoms with Gasteiger partial charge >= 0.3 is 0 Å². The van der Waals surface area contributed by atoms with Crippen molar-refractivity contribution in [3.05, 3.63) is 60.6 Å². The SMILES string of the molecule is O=C(Nc1cnc(-c2ccn[nH]2)nc1)c1ccccc1. The van der Waals surface area contributed by atoms with Crippen LogP contribution < -0.4 is 5.32 Å². The molecule has 98 valence electrons. The van der Waals surface area contributed by atoms with Crippen LogP contribution in [0.3, 0.4) is 0 Å². The number of carbonyl (C=O) groups excluding carboxylic acids is 1. The van der Waals surface area contributed by atoms with E-state index in [1.807, 2.05) is 18.2 Å². The third-order valence-corrected chi connectivity index (χ3v) is 2.69. The van der Waals surface area contributed by atoms with Crippen molar-refractivity contribution >= 4 is 11.6 Å². The van der Waals surface area contributed by atoms with Crippen LogP contribution in [-0.4, -0.2) is 26.1 Å². The molecule has 0 saturated heterocycles. The quantitative estimate of drug-likeness (QED) is 0.759. The number of aromatic amines is 1. The van der Waals surface area contributed by atoms with Gasteiger partial charge in [-0.1, -0.05) is 18.2 Å². The summed E-state index contributed by atoms with van der Waals surface area (Å²) in [6, 6.07) is 10.8. The number of nitrogens with one attached hydrogen (secondary N) is 2. The average Bonchev–Trinajstić information content (AvgIpc) is 3.03. The molecule has 2 heterocycles. The lowest BCUT2D eigenvalue weighted by Crippen LogP contribution is -2.12. The molecule has 3 rings (SSSR count). The highest BCUT2D eigenvalue weighted by molar-refractivity contribution is 6.04. The molecular weight excluding hydrogens is 254 g/mol. The highest BCUT2D eigenvalue weighted by Gasteiger charge is 2.07. The summed E-state index contributed by atoms with van der Waals surface area (Å²) in [5, 5.41) is 9.35. The lowest BCUT2D eigenvalue weighted by Gasteiger charge is -2.04. The van der Waals surface area contributed by atoms with Crippen LogP contribution in [0, 0.1) is 0 Å². The van der Waals surface area contributed by atoms with Crippen molar-refractivity contribution in [1.82, 2.24) is 20.2 Å². The van der Waals surface area contributed by atoms with E-state index in [4.69, 9.17) is 0 Å². The standard InChI is InChI=1S/C14H11N5O/c20-14(10-4-2-1-3-5-10)18-11-8-15-13(16-9-11)12-6-7-17-19-12/h1-9H,(H,17,19)(H,18,20). The van der Waals surface area contributed by atoms with E-state index in [2.05, 4.69) is 25.5 Å². The highest BCUT2D eigenvalue weighted by atomic mass is 16.1. The van der Waals surface area contributed by atoms with E-state index in [-0.39, 0.29) is 5.91 Å². The van der Waals surface area contributed by atoms with E-state index >= 15 is 0 Å². The van der Waals surface area contributed by atoms with Gasteiger partial charge in [0.05, 0.1) is 18.1 Å². The smallest absolute Gasteiger partial charge is 0.255 e. The monoisotopic (exact) mass is 265 g/mol. The van der Waals surface area contributed by atoms with E-state index in [0.29, 0.717) is 17.1 Å². The van der Waals surface area contributed by atoms with Gasteiger partial charge < -0.3 is 5.32 Å². The zero-order chi connectivity index (χ0) is 13.8. The first-order valence-electron chi connectivity index (χ1n) is 6.01. The first-order chi connectivity index (χ1) is 9.83. The fourth-order valence-corrected chi connectivity index (χ4v) is 1.70. The second-order valence-electron chi connectivity index (χ2n) is 4.09. The Morgan fingerprint density at radius 2 is 1.80 bits per heavy atom. The molecule has 0 aliphatic heterocycles. The molecule has 20 heavy (non-hydrogen) atoms. The molecule has 0 unspecified atom stereocenters. The first kappa shape index (κ1) is 12.0. The van der Waals surface area contributed by atoms with Gasteiger partial charge in [-0.2, -0.15) is 5.10 Å². The molecular formula is C14H11N5O. The molecule has 2 aromatic heterocycles. The molecule has 0 atom stereocenters. The van der Waals surface area contributed by atoms with Crippen LogP contribution in [0.1, 0.15) is 10.4 Å². The Morgan fingerprint density at radius 1 is 1.05 bits per heavy atom. The molecule has 0 aliphatic rings. The number of carbonyl (C=O) groups is 1. The Labute approximate surface area is 114 Å². The van der Waals surface area contributed by atoms with Crippen LogP contribution >= 0.6 is 0 Å². The van der Waals surface area contributed by atoms with E-state index < -0.39 is 0 Å². The zero-order valence-corrected chi connectivity index (χ0v) is 10.4. The van der Waals surface area contributed by atoms with Crippen molar-refractivity contribution in [2.45, 2.75) is 0 Å². The maximum atomic E-state index is 11.9. The molecule has 0 spiro atoms. The van der Waals surface area contributed by atoms with Crippen LogP contribution in [0.4, 0.5) is 5.69 Å². The largest absolute Gasteiger partial charge is 0.319 e. The molecule has 1 amide bonds. The summed E-state index contributed by atoms with van der Waals surface area (Å²) in [5.74, 6) is 0.337. The fourth-order valence-electron chi connectivity index (χ4n) is 1.70. The van der Waals surface area contributed by atoms with Gasteiger partial charge in [-0.25, -0.2) is 9.97 Å². The Kier molecular flexibility index (Phi) is 3.20. The van der Waals surface area contributed by atoms with Crippen molar-refractivity contribution in [2.75, 3.05) is 5.32 Å². The summed E-state index contributed by atoms with van der Waals surface area (Å²) < 4.78 is 0. The molecule has 6 heteroatoms. The molecule has 2 N–H and O–H groups in total. The number of benzene rings is 1. The number of hydrogen-bond acceptors (Lipinski definition) is 4. The number of anilines is 1. The van der Waals surface area contributed by atoms with Crippen molar-refractivity contribution < 1.29 is 4.79 Å². The molecule has 0 saturated carbocycles. The number of nitrogens with zero attached hydrogens (tertiary/aromatic N) is 3. The predicted molar refractivity (Wildman–Crippen MR) is 74.0 cm³/mol. The van der Waals surface area contributed by atoms with Gasteiger partial charge in [0.15, 0.2) is 5.82 Å². The highest BCUT2D eigenvalue weighted by Crippen LogP contribution is 2.12. The Balaban J connectivity index is 1.74. The Hall–Kier alpha value is -3.02. The maximum Gasteiger partial charge on any atom is 0.255 e. The van der Waals surface area contributed by atoms with E-state index in [1.165, 1.54) is 0 Å². The lowest BCUT2D eigenvalue weighted by molar-refractivity contribution is 0.102. The number of rotatable bonds is 3. The topological polar surface area (TPSA) is 83.6 Å². The lowest BCUT2D eigenvalue weighted by atomic mass is 10.2. The second kappa shape index (κ2) is 5.31.